The van der Waals surface area contributed by atoms with E-state index in [9.17, 15) is 4.79 Å². The second kappa shape index (κ2) is 6.41. The first-order valence-corrected chi connectivity index (χ1v) is 7.23. The van der Waals surface area contributed by atoms with Gasteiger partial charge in [-0.25, -0.2) is 9.48 Å². The van der Waals surface area contributed by atoms with Crippen LogP contribution in [0.4, 0.5) is 10.5 Å². The summed E-state index contributed by atoms with van der Waals surface area (Å²) in [4.78, 5) is 10.7. The Labute approximate surface area is 137 Å². The van der Waals surface area contributed by atoms with Gasteiger partial charge in [-0.1, -0.05) is 41.9 Å². The van der Waals surface area contributed by atoms with Crippen LogP contribution in [0.15, 0.2) is 60.9 Å². The van der Waals surface area contributed by atoms with Crippen molar-refractivity contribution in [1.29, 1.82) is 0 Å². The summed E-state index contributed by atoms with van der Waals surface area (Å²) < 4.78 is 1.70. The molecule has 2 amide bonds. The number of amides is 2. The first-order valence-electron chi connectivity index (χ1n) is 6.85. The number of urea groups is 1. The lowest BCUT2D eigenvalue weighted by molar-refractivity contribution is 0.250. The van der Waals surface area contributed by atoms with Crippen molar-refractivity contribution in [1.82, 2.24) is 15.2 Å². The van der Waals surface area contributed by atoms with Crippen LogP contribution in [0.3, 0.4) is 0 Å². The molecule has 0 aliphatic carbocycles. The van der Waals surface area contributed by atoms with Gasteiger partial charge < -0.3 is 5.73 Å². The number of nitrogens with one attached hydrogen (secondary N) is 2. The van der Waals surface area contributed by atoms with E-state index in [0.29, 0.717) is 10.7 Å². The predicted molar refractivity (Wildman–Crippen MR) is 90.4 cm³/mol. The summed E-state index contributed by atoms with van der Waals surface area (Å²) in [5.41, 5.74) is 13.5. The van der Waals surface area contributed by atoms with Gasteiger partial charge in [-0.3, -0.25) is 10.9 Å². The molecule has 0 atom stereocenters. The molecule has 116 valence electrons. The minimum Gasteiger partial charge on any atom is -0.350 e. The second-order valence-corrected chi connectivity index (χ2v) is 5.25. The van der Waals surface area contributed by atoms with E-state index < -0.39 is 6.03 Å². The molecule has 0 radical (unpaired) electrons. The standard InChI is InChI=1S/C16H14ClN5O/c17-12-6-7-15(14(8-12)11-4-2-1-3-5-11)22-10-13(9-19-22)20-21-16(18)23/h1-10,20H,(H3,18,21,23). The number of hydrogen-bond acceptors (Lipinski definition) is 3. The molecule has 3 aromatic rings. The van der Waals surface area contributed by atoms with E-state index in [-0.39, 0.29) is 0 Å². The molecule has 0 fully saturated rings. The lowest BCUT2D eigenvalue weighted by Gasteiger charge is -2.10. The maximum Gasteiger partial charge on any atom is 0.330 e. The number of carbonyl (C=O) groups is 1. The van der Waals surface area contributed by atoms with Gasteiger partial charge in [0.2, 0.25) is 0 Å². The van der Waals surface area contributed by atoms with E-state index in [1.165, 1.54) is 0 Å². The summed E-state index contributed by atoms with van der Waals surface area (Å²) in [5, 5.41) is 4.95. The van der Waals surface area contributed by atoms with Gasteiger partial charge in [0.25, 0.3) is 0 Å². The van der Waals surface area contributed by atoms with Gasteiger partial charge in [0.05, 0.1) is 23.8 Å². The smallest absolute Gasteiger partial charge is 0.330 e. The fourth-order valence-electron chi connectivity index (χ4n) is 2.21. The Bertz CT molecular complexity index is 831. The average molecular weight is 328 g/mol. The Hall–Kier alpha value is -2.99. The summed E-state index contributed by atoms with van der Waals surface area (Å²) >= 11 is 6.14. The number of hydrazine groups is 1. The molecular weight excluding hydrogens is 314 g/mol. The molecule has 6 nitrogen and oxygen atoms in total. The van der Waals surface area contributed by atoms with E-state index >= 15 is 0 Å². The predicted octanol–water partition coefficient (Wildman–Crippen LogP) is 3.19. The molecule has 0 saturated heterocycles. The highest BCUT2D eigenvalue weighted by atomic mass is 35.5. The third-order valence-electron chi connectivity index (χ3n) is 3.20. The molecule has 1 heterocycles. The topological polar surface area (TPSA) is 85.0 Å². The van der Waals surface area contributed by atoms with E-state index in [2.05, 4.69) is 16.0 Å². The number of nitrogens with two attached hydrogens (primary N) is 1. The Kier molecular flexibility index (Phi) is 4.16. The van der Waals surface area contributed by atoms with Gasteiger partial charge in [0.15, 0.2) is 0 Å². The highest BCUT2D eigenvalue weighted by molar-refractivity contribution is 6.31. The summed E-state index contributed by atoms with van der Waals surface area (Å²) in [6.07, 6.45) is 3.32. The highest BCUT2D eigenvalue weighted by Gasteiger charge is 2.09. The molecule has 2 aromatic carbocycles. The average Bonchev–Trinajstić information content (AvgIpc) is 3.02. The molecule has 0 aliphatic heterocycles. The highest BCUT2D eigenvalue weighted by Crippen LogP contribution is 2.29. The van der Waals surface area contributed by atoms with E-state index in [0.717, 1.165) is 16.8 Å². The van der Waals surface area contributed by atoms with E-state index in [1.54, 1.807) is 23.1 Å². The summed E-state index contributed by atoms with van der Waals surface area (Å²) in [7, 11) is 0. The fourth-order valence-corrected chi connectivity index (χ4v) is 2.38. The number of carbonyl (C=O) groups excluding carboxylic acids is 1. The van der Waals surface area contributed by atoms with Crippen molar-refractivity contribution in [2.75, 3.05) is 5.43 Å². The van der Waals surface area contributed by atoms with Crippen LogP contribution in [0, 0.1) is 0 Å². The van der Waals surface area contributed by atoms with Crippen molar-refractivity contribution in [3.05, 3.63) is 65.9 Å². The van der Waals surface area contributed by atoms with E-state index in [4.69, 9.17) is 17.3 Å². The first kappa shape index (κ1) is 14.9. The van der Waals surface area contributed by atoms with Gasteiger partial charge in [-0.2, -0.15) is 5.10 Å². The lowest BCUT2D eigenvalue weighted by Crippen LogP contribution is -2.33. The van der Waals surface area contributed by atoms with Crippen LogP contribution in [0.5, 0.6) is 0 Å². The second-order valence-electron chi connectivity index (χ2n) is 4.82. The number of benzene rings is 2. The van der Waals surface area contributed by atoms with Gasteiger partial charge in [0, 0.05) is 10.6 Å². The number of rotatable bonds is 4. The number of primary amides is 1. The summed E-state index contributed by atoms with van der Waals surface area (Å²) in [5.74, 6) is 0. The van der Waals surface area contributed by atoms with Crippen LogP contribution in [0.25, 0.3) is 16.8 Å². The van der Waals surface area contributed by atoms with Crippen molar-refractivity contribution >= 4 is 23.3 Å². The van der Waals surface area contributed by atoms with Crippen molar-refractivity contribution in [3.8, 4) is 16.8 Å². The van der Waals surface area contributed by atoms with Crippen molar-refractivity contribution in [2.24, 2.45) is 5.73 Å². The van der Waals surface area contributed by atoms with Gasteiger partial charge in [-0.15, -0.1) is 0 Å². The minimum atomic E-state index is -0.672. The molecule has 1 aromatic heterocycles. The van der Waals surface area contributed by atoms with Gasteiger partial charge in [-0.05, 0) is 23.8 Å². The molecule has 0 spiro atoms. The van der Waals surface area contributed by atoms with Crippen LogP contribution in [0.1, 0.15) is 0 Å². The van der Waals surface area contributed by atoms with Crippen molar-refractivity contribution < 1.29 is 4.79 Å². The van der Waals surface area contributed by atoms with Gasteiger partial charge >= 0.3 is 6.03 Å². The van der Waals surface area contributed by atoms with Crippen LogP contribution in [-0.2, 0) is 0 Å². The zero-order chi connectivity index (χ0) is 16.2. The van der Waals surface area contributed by atoms with Gasteiger partial charge in [0.1, 0.15) is 0 Å². The largest absolute Gasteiger partial charge is 0.350 e. The zero-order valence-electron chi connectivity index (χ0n) is 12.0. The molecule has 7 heteroatoms. The van der Waals surface area contributed by atoms with Crippen LogP contribution < -0.4 is 16.6 Å². The van der Waals surface area contributed by atoms with Crippen LogP contribution in [-0.4, -0.2) is 15.8 Å². The van der Waals surface area contributed by atoms with Crippen LogP contribution in [0.2, 0.25) is 5.02 Å². The monoisotopic (exact) mass is 327 g/mol. The molecule has 0 unspecified atom stereocenters. The third-order valence-corrected chi connectivity index (χ3v) is 3.44. The quantitative estimate of drug-likeness (QED) is 0.643. The van der Waals surface area contributed by atoms with Crippen molar-refractivity contribution in [2.45, 2.75) is 0 Å². The molecule has 0 aliphatic rings. The maximum absolute atomic E-state index is 10.7. The SMILES string of the molecule is NC(=O)NNc1cnn(-c2ccc(Cl)cc2-c2ccccc2)c1. The molecule has 0 saturated carbocycles. The molecule has 23 heavy (non-hydrogen) atoms. The normalized spacial score (nSPS) is 10.3. The Balaban J connectivity index is 1.98. The Morgan fingerprint density at radius 1 is 1.17 bits per heavy atom. The minimum absolute atomic E-state index is 0.609. The number of halogens is 1. The number of anilines is 1. The summed E-state index contributed by atoms with van der Waals surface area (Å²) in [6.45, 7) is 0. The maximum atomic E-state index is 10.7. The number of nitrogens with zero attached hydrogens (tertiary/aromatic N) is 2. The van der Waals surface area contributed by atoms with Crippen molar-refractivity contribution in [3.63, 3.8) is 0 Å². The lowest BCUT2D eigenvalue weighted by atomic mass is 10.0. The fraction of sp³-hybridized carbons (Fsp3) is 0. The first-order chi connectivity index (χ1) is 11.1. The summed E-state index contributed by atoms with van der Waals surface area (Å²) in [6, 6.07) is 14.8. The molecule has 4 N–H and O–H groups in total. The van der Waals surface area contributed by atoms with E-state index in [1.807, 2.05) is 42.5 Å². The third kappa shape index (κ3) is 3.44. The van der Waals surface area contributed by atoms with Crippen LogP contribution >= 0.6 is 11.6 Å². The molecular formula is C16H14ClN5O. The Morgan fingerprint density at radius 3 is 2.70 bits per heavy atom. The molecule has 0 bridgehead atoms. The zero-order valence-corrected chi connectivity index (χ0v) is 12.8. The number of hydrogen-bond donors (Lipinski definition) is 3. The number of aromatic nitrogens is 2. The Morgan fingerprint density at radius 2 is 1.96 bits per heavy atom. The molecule has 3 rings (SSSR count).